The molecule has 0 bridgehead atoms. The van der Waals surface area contributed by atoms with E-state index in [-0.39, 0.29) is 15.7 Å². The van der Waals surface area contributed by atoms with Gasteiger partial charge in [0.2, 0.25) is 10.0 Å². The Kier molecular flexibility index (Phi) is 9.30. The molecule has 3 aromatic rings. The molecule has 1 aromatic heterocycles. The minimum atomic E-state index is -3.62. The summed E-state index contributed by atoms with van der Waals surface area (Å²) >= 11 is 1.44. The summed E-state index contributed by atoms with van der Waals surface area (Å²) in [6.45, 7) is 7.16. The monoisotopic (exact) mass is 592 g/mol. The fourth-order valence-electron chi connectivity index (χ4n) is 4.57. The Hall–Kier alpha value is -2.54. The molecule has 1 aliphatic heterocycles. The number of nitrogens with zero attached hydrogens (tertiary/aromatic N) is 4. The zero-order valence-electron chi connectivity index (χ0n) is 22.7. The number of anilines is 1. The predicted molar refractivity (Wildman–Crippen MR) is 156 cm³/mol. The van der Waals surface area contributed by atoms with Crippen molar-refractivity contribution in [3.05, 3.63) is 48.0 Å². The van der Waals surface area contributed by atoms with E-state index in [1.165, 1.54) is 29.7 Å². The highest BCUT2D eigenvalue weighted by molar-refractivity contribution is 7.91. The number of benzene rings is 2. The summed E-state index contributed by atoms with van der Waals surface area (Å²) in [5.41, 5.74) is 0.936. The molecule has 0 spiro atoms. The summed E-state index contributed by atoms with van der Waals surface area (Å²) < 4.78 is 53.1. The third-order valence-electron chi connectivity index (χ3n) is 6.87. The molecule has 212 valence electrons. The smallest absolute Gasteiger partial charge is 0.253 e. The van der Waals surface area contributed by atoms with Gasteiger partial charge in [-0.25, -0.2) is 21.8 Å². The lowest BCUT2D eigenvalue weighted by molar-refractivity contribution is 0.0746. The van der Waals surface area contributed by atoms with E-state index >= 15 is 0 Å². The first-order valence-corrected chi connectivity index (χ1v) is 17.4. The zero-order chi connectivity index (χ0) is 28.2. The van der Waals surface area contributed by atoms with Crippen LogP contribution in [0.3, 0.4) is 0 Å². The Balaban J connectivity index is 1.42. The van der Waals surface area contributed by atoms with E-state index in [0.717, 1.165) is 35.5 Å². The summed E-state index contributed by atoms with van der Waals surface area (Å²) in [5, 5.41) is 0.735. The number of para-hydroxylation sites is 1. The molecule has 12 heteroatoms. The molecule has 0 radical (unpaired) electrons. The van der Waals surface area contributed by atoms with E-state index < -0.39 is 19.9 Å². The van der Waals surface area contributed by atoms with Gasteiger partial charge in [0.15, 0.2) is 15.0 Å². The van der Waals surface area contributed by atoms with Gasteiger partial charge in [-0.1, -0.05) is 44.1 Å². The molecule has 1 saturated heterocycles. The maximum atomic E-state index is 13.2. The van der Waals surface area contributed by atoms with Crippen LogP contribution in [-0.4, -0.2) is 82.5 Å². The van der Waals surface area contributed by atoms with Crippen molar-refractivity contribution in [2.45, 2.75) is 49.3 Å². The number of unbranched alkanes of at least 4 members (excludes halogenated alkanes) is 2. The standard InChI is InChI=1S/C27H36N4O5S3/c1-4-6-15-31(16-7-5-2)39(35,36)22-13-11-21(12-14-22)26(32)29-17-19-30(20-18-29)27-28-25-23(37-27)9-8-10-24(25)38(3,33)34/h8-14H,4-7,15-20H2,1-3H3. The van der Waals surface area contributed by atoms with Gasteiger partial charge >= 0.3 is 0 Å². The zero-order valence-corrected chi connectivity index (χ0v) is 25.1. The SMILES string of the molecule is CCCCN(CCCC)S(=O)(=O)c1ccc(C(=O)N2CCN(c3nc4c(S(C)(=O)=O)cccc4s3)CC2)cc1. The van der Waals surface area contributed by atoms with Crippen LogP contribution in [0.4, 0.5) is 5.13 Å². The number of carbonyl (C=O) groups is 1. The summed E-state index contributed by atoms with van der Waals surface area (Å²) in [5.74, 6) is -0.143. The summed E-state index contributed by atoms with van der Waals surface area (Å²) in [6.07, 6.45) is 4.63. The van der Waals surface area contributed by atoms with Crippen LogP contribution in [0.25, 0.3) is 10.2 Å². The Labute approximate surface area is 235 Å². The van der Waals surface area contributed by atoms with E-state index in [4.69, 9.17) is 0 Å². The van der Waals surface area contributed by atoms with Gasteiger partial charge in [-0.3, -0.25) is 4.79 Å². The van der Waals surface area contributed by atoms with E-state index in [0.29, 0.717) is 50.3 Å². The lowest BCUT2D eigenvalue weighted by Crippen LogP contribution is -2.48. The molecule has 39 heavy (non-hydrogen) atoms. The fraction of sp³-hybridized carbons (Fsp3) is 0.481. The molecule has 0 saturated carbocycles. The first-order valence-electron chi connectivity index (χ1n) is 13.3. The van der Waals surface area contributed by atoms with Crippen LogP contribution in [0, 0.1) is 0 Å². The van der Waals surface area contributed by atoms with Gasteiger partial charge in [-0.05, 0) is 49.2 Å². The summed E-state index contributed by atoms with van der Waals surface area (Å²) in [4.78, 5) is 22.1. The minimum Gasteiger partial charge on any atom is -0.345 e. The van der Waals surface area contributed by atoms with Crippen LogP contribution >= 0.6 is 11.3 Å². The van der Waals surface area contributed by atoms with Crippen molar-refractivity contribution in [1.82, 2.24) is 14.2 Å². The third kappa shape index (κ3) is 6.62. The van der Waals surface area contributed by atoms with Crippen molar-refractivity contribution >= 4 is 52.5 Å². The van der Waals surface area contributed by atoms with Gasteiger partial charge in [0.05, 0.1) is 14.5 Å². The number of rotatable bonds is 11. The second-order valence-corrected chi connectivity index (χ2v) is 14.7. The van der Waals surface area contributed by atoms with Crippen molar-refractivity contribution < 1.29 is 21.6 Å². The third-order valence-corrected chi connectivity index (χ3v) is 11.0. The number of amides is 1. The number of carbonyl (C=O) groups excluding carboxylic acids is 1. The van der Waals surface area contributed by atoms with Crippen LogP contribution in [0.5, 0.6) is 0 Å². The molecule has 0 unspecified atom stereocenters. The van der Waals surface area contributed by atoms with Crippen molar-refractivity contribution in [3.63, 3.8) is 0 Å². The first kappa shape index (κ1) is 29.4. The molecule has 0 aliphatic carbocycles. The van der Waals surface area contributed by atoms with Crippen molar-refractivity contribution in [1.29, 1.82) is 0 Å². The Morgan fingerprint density at radius 3 is 2.10 bits per heavy atom. The molecule has 1 fully saturated rings. The number of sulfone groups is 1. The Morgan fingerprint density at radius 2 is 1.54 bits per heavy atom. The number of sulfonamides is 1. The first-order chi connectivity index (χ1) is 18.6. The van der Waals surface area contributed by atoms with Crippen molar-refractivity contribution in [2.75, 3.05) is 50.4 Å². The predicted octanol–water partition coefficient (Wildman–Crippen LogP) is 4.25. The summed E-state index contributed by atoms with van der Waals surface area (Å²) in [7, 11) is -7.01. The highest BCUT2D eigenvalue weighted by Crippen LogP contribution is 2.33. The lowest BCUT2D eigenvalue weighted by Gasteiger charge is -2.34. The van der Waals surface area contributed by atoms with Crippen LogP contribution in [0.1, 0.15) is 49.9 Å². The number of hydrogen-bond donors (Lipinski definition) is 0. The number of piperazine rings is 1. The van der Waals surface area contributed by atoms with Gasteiger partial charge in [-0.15, -0.1) is 0 Å². The van der Waals surface area contributed by atoms with Gasteiger partial charge in [-0.2, -0.15) is 4.31 Å². The van der Waals surface area contributed by atoms with Crippen molar-refractivity contribution in [2.24, 2.45) is 0 Å². The molecule has 1 aliphatic rings. The maximum Gasteiger partial charge on any atom is 0.253 e. The number of hydrogen-bond acceptors (Lipinski definition) is 8. The highest BCUT2D eigenvalue weighted by atomic mass is 32.2. The van der Waals surface area contributed by atoms with E-state index in [2.05, 4.69) is 9.88 Å². The van der Waals surface area contributed by atoms with Gasteiger partial charge < -0.3 is 9.80 Å². The van der Waals surface area contributed by atoms with Crippen LogP contribution in [0.2, 0.25) is 0 Å². The topological polar surface area (TPSA) is 108 Å². The molecule has 2 heterocycles. The molecule has 2 aromatic carbocycles. The Bertz CT molecular complexity index is 1500. The average molecular weight is 593 g/mol. The van der Waals surface area contributed by atoms with Crippen molar-refractivity contribution in [3.8, 4) is 0 Å². The fourth-order valence-corrected chi connectivity index (χ4v) is 8.03. The number of thiazole rings is 1. The van der Waals surface area contributed by atoms with E-state index in [9.17, 15) is 21.6 Å². The average Bonchev–Trinajstić information content (AvgIpc) is 3.37. The molecular formula is C27H36N4O5S3. The molecule has 0 atom stereocenters. The van der Waals surface area contributed by atoms with Crippen LogP contribution in [-0.2, 0) is 19.9 Å². The van der Waals surface area contributed by atoms with Gasteiger partial charge in [0.1, 0.15) is 5.52 Å². The van der Waals surface area contributed by atoms with Crippen LogP contribution in [0.15, 0.2) is 52.3 Å². The van der Waals surface area contributed by atoms with Crippen LogP contribution < -0.4 is 4.90 Å². The largest absolute Gasteiger partial charge is 0.345 e. The lowest BCUT2D eigenvalue weighted by atomic mass is 10.2. The maximum absolute atomic E-state index is 13.2. The second-order valence-electron chi connectivity index (χ2n) is 9.79. The minimum absolute atomic E-state index is 0.143. The molecule has 1 amide bonds. The Morgan fingerprint density at radius 1 is 0.923 bits per heavy atom. The molecule has 4 rings (SSSR count). The summed E-state index contributed by atoms with van der Waals surface area (Å²) in [6, 6.07) is 11.4. The van der Waals surface area contributed by atoms with Gasteiger partial charge in [0, 0.05) is 51.1 Å². The molecule has 0 N–H and O–H groups in total. The second kappa shape index (κ2) is 12.3. The number of fused-ring (bicyclic) bond motifs is 1. The van der Waals surface area contributed by atoms with E-state index in [1.807, 2.05) is 19.9 Å². The van der Waals surface area contributed by atoms with E-state index in [1.54, 1.807) is 33.5 Å². The molecule has 9 nitrogen and oxygen atoms in total. The quantitative estimate of drug-likeness (QED) is 0.328. The normalized spacial score (nSPS) is 14.9. The highest BCUT2D eigenvalue weighted by Gasteiger charge is 2.27. The number of aromatic nitrogens is 1. The van der Waals surface area contributed by atoms with Gasteiger partial charge in [0.25, 0.3) is 5.91 Å². The molecular weight excluding hydrogens is 557 g/mol.